The van der Waals surface area contributed by atoms with Gasteiger partial charge in [0.2, 0.25) is 0 Å². The molecule has 4 aliphatic carbocycles. The Hall–Kier alpha value is -2.82. The minimum Gasteiger partial charge on any atom is -0.399 e. The Morgan fingerprint density at radius 1 is 1.16 bits per heavy atom. The van der Waals surface area contributed by atoms with Crippen molar-refractivity contribution in [3.05, 3.63) is 83.5 Å². The zero-order valence-corrected chi connectivity index (χ0v) is 25.7. The Labute approximate surface area is 260 Å². The highest BCUT2D eigenvalue weighted by atomic mass is 32.2. The first-order valence-electron chi connectivity index (χ1n) is 15.3. The number of nitrogen functional groups attached to an aromatic ring is 1. The molecule has 7 rings (SSSR count). The zero-order chi connectivity index (χ0) is 31.1. The van der Waals surface area contributed by atoms with Crippen molar-refractivity contribution in [1.82, 2.24) is 0 Å². The molecule has 1 heterocycles. The number of fused-ring (bicyclic) bond motifs is 7. The summed E-state index contributed by atoms with van der Waals surface area (Å²) in [7, 11) is 0. The van der Waals surface area contributed by atoms with E-state index in [9.17, 15) is 19.8 Å². The van der Waals surface area contributed by atoms with Gasteiger partial charge >= 0.3 is 0 Å². The van der Waals surface area contributed by atoms with Gasteiger partial charge in [-0.25, -0.2) is 4.39 Å². The van der Waals surface area contributed by atoms with Crippen molar-refractivity contribution in [2.24, 2.45) is 22.7 Å². The molecule has 0 aromatic heterocycles. The molecule has 0 radical (unpaired) electrons. The van der Waals surface area contributed by atoms with E-state index in [0.29, 0.717) is 24.8 Å². The lowest BCUT2D eigenvalue weighted by atomic mass is 9.44. The predicted molar refractivity (Wildman–Crippen MR) is 164 cm³/mol. The van der Waals surface area contributed by atoms with E-state index in [1.54, 1.807) is 24.8 Å². The number of Topliss-reactive ketones (excluding diaryl/α,β-unsaturated/α-hetero) is 1. The van der Waals surface area contributed by atoms with Gasteiger partial charge in [-0.15, -0.1) is 11.8 Å². The van der Waals surface area contributed by atoms with Crippen LogP contribution in [0.4, 0.5) is 10.1 Å². The van der Waals surface area contributed by atoms with Crippen LogP contribution in [0.25, 0.3) is 0 Å². The van der Waals surface area contributed by atoms with Crippen LogP contribution in [0.5, 0.6) is 0 Å². The Bertz CT molecular complexity index is 1580. The number of aliphatic hydroxyl groups is 2. The molecule has 1 aliphatic heterocycles. The second-order valence-corrected chi connectivity index (χ2v) is 14.5. The molecule has 4 fully saturated rings. The van der Waals surface area contributed by atoms with Gasteiger partial charge in [0.15, 0.2) is 29.1 Å². The number of carbonyl (C=O) groups is 2. The summed E-state index contributed by atoms with van der Waals surface area (Å²) >= 11 is 1.68. The molecule has 7 nitrogen and oxygen atoms in total. The monoisotopic (exact) mass is 619 g/mol. The van der Waals surface area contributed by atoms with Crippen LogP contribution in [0, 0.1) is 22.7 Å². The van der Waals surface area contributed by atoms with Crippen molar-refractivity contribution in [3.63, 3.8) is 0 Å². The van der Waals surface area contributed by atoms with Gasteiger partial charge in [0.05, 0.1) is 12.2 Å². The molecule has 5 aliphatic rings. The maximum absolute atomic E-state index is 17.5. The zero-order valence-electron chi connectivity index (χ0n) is 24.9. The molecule has 3 saturated carbocycles. The second kappa shape index (κ2) is 10.4. The number of thioether (sulfide) groups is 1. The van der Waals surface area contributed by atoms with Crippen LogP contribution < -0.4 is 5.73 Å². The summed E-state index contributed by atoms with van der Waals surface area (Å²) in [6.45, 7) is 2.92. The third kappa shape index (κ3) is 4.02. The maximum Gasteiger partial charge on any atom is 0.193 e. The number of allylic oxidation sites excluding steroid dienone is 4. The number of hydrogen-bond acceptors (Lipinski definition) is 8. The minimum atomic E-state index is -2.03. The number of benzene rings is 2. The predicted octanol–water partition coefficient (Wildman–Crippen LogP) is 5.26. The van der Waals surface area contributed by atoms with E-state index in [4.69, 9.17) is 15.2 Å². The lowest BCUT2D eigenvalue weighted by Gasteiger charge is -2.62. The average molecular weight is 620 g/mol. The second-order valence-electron chi connectivity index (χ2n) is 13.5. The first-order valence-corrected chi connectivity index (χ1v) is 16.3. The van der Waals surface area contributed by atoms with Gasteiger partial charge in [0, 0.05) is 38.6 Å². The molecule has 0 spiro atoms. The summed E-state index contributed by atoms with van der Waals surface area (Å²) in [5.41, 5.74) is 3.50. The van der Waals surface area contributed by atoms with E-state index in [2.05, 4.69) is 0 Å². The first-order chi connectivity index (χ1) is 21.0. The molecule has 9 heteroatoms. The highest BCUT2D eigenvalue weighted by molar-refractivity contribution is 7.98. The molecule has 232 valence electrons. The number of anilines is 1. The van der Waals surface area contributed by atoms with Gasteiger partial charge in [0.1, 0.15) is 6.61 Å². The summed E-state index contributed by atoms with van der Waals surface area (Å²) in [6, 6.07) is 15.6. The molecule has 2 aromatic carbocycles. The third-order valence-electron chi connectivity index (χ3n) is 11.5. The molecule has 1 saturated heterocycles. The number of carbonyl (C=O) groups excluding carboxylic acids is 2. The molecule has 44 heavy (non-hydrogen) atoms. The van der Waals surface area contributed by atoms with Gasteiger partial charge in [-0.2, -0.15) is 0 Å². The number of hydrogen-bond donors (Lipinski definition) is 3. The lowest BCUT2D eigenvalue weighted by molar-refractivity contribution is -0.231. The van der Waals surface area contributed by atoms with Crippen LogP contribution in [0.3, 0.4) is 0 Å². The Morgan fingerprint density at radius 3 is 2.66 bits per heavy atom. The van der Waals surface area contributed by atoms with Crippen LogP contribution in [0.2, 0.25) is 0 Å². The van der Waals surface area contributed by atoms with Gasteiger partial charge in [-0.1, -0.05) is 48.9 Å². The standard InChI is InChI=1S/C35H38FNO6S/c1-32-13-12-24(39)14-22(32)10-11-26-27-16-30-35(29(41)18-38,33(27,2)17-28(40)34(26,32)36)43-31(42-30)21-8-6-20(7-9-21)19-44-25-5-3-4-23(37)15-25/h3-9,12-15,26-28,30-31,38,40H,10-11,16-19,37H2,1-2H3/t26-,27-,28-,30+,31+,32-,33-,34-,35+/m0/s1. The van der Waals surface area contributed by atoms with Crippen LogP contribution >= 0.6 is 11.8 Å². The summed E-state index contributed by atoms with van der Waals surface area (Å²) in [6.07, 6.45) is 2.86. The van der Waals surface area contributed by atoms with Crippen LogP contribution in [-0.4, -0.2) is 51.9 Å². The minimum absolute atomic E-state index is 0.0339. The largest absolute Gasteiger partial charge is 0.399 e. The van der Waals surface area contributed by atoms with Gasteiger partial charge < -0.3 is 25.4 Å². The number of nitrogens with two attached hydrogens (primary N) is 1. The van der Waals surface area contributed by atoms with Crippen molar-refractivity contribution in [2.75, 3.05) is 12.3 Å². The third-order valence-corrected chi connectivity index (χ3v) is 12.5. The van der Waals surface area contributed by atoms with Crippen molar-refractivity contribution in [3.8, 4) is 0 Å². The van der Waals surface area contributed by atoms with E-state index in [1.807, 2.05) is 55.5 Å². The van der Waals surface area contributed by atoms with E-state index in [-0.39, 0.29) is 18.1 Å². The first kappa shape index (κ1) is 29.9. The highest BCUT2D eigenvalue weighted by Crippen LogP contribution is 2.72. The fraction of sp³-hybridized carbons (Fsp3) is 0.486. The van der Waals surface area contributed by atoms with Crippen molar-refractivity contribution in [1.29, 1.82) is 0 Å². The average Bonchev–Trinajstić information content (AvgIpc) is 3.50. The van der Waals surface area contributed by atoms with E-state index in [0.717, 1.165) is 27.5 Å². The van der Waals surface area contributed by atoms with Crippen molar-refractivity contribution >= 4 is 29.0 Å². The van der Waals surface area contributed by atoms with Gasteiger partial charge in [0.25, 0.3) is 0 Å². The molecule has 4 N–H and O–H groups in total. The molecule has 0 unspecified atom stereocenters. The maximum atomic E-state index is 17.5. The van der Waals surface area contributed by atoms with Crippen LogP contribution in [0.1, 0.15) is 56.9 Å². The van der Waals surface area contributed by atoms with Gasteiger partial charge in [-0.05, 0) is 74.4 Å². The lowest BCUT2D eigenvalue weighted by Crippen LogP contribution is -2.69. The van der Waals surface area contributed by atoms with E-state index in [1.165, 1.54) is 12.2 Å². The number of rotatable bonds is 6. The number of aliphatic hydroxyl groups excluding tert-OH is 2. The Morgan fingerprint density at radius 2 is 1.93 bits per heavy atom. The molecule has 0 bridgehead atoms. The number of ether oxygens (including phenoxy) is 2. The number of ketones is 2. The SMILES string of the molecule is C[C@]12C=CC(=O)C=C1CC[C@H]1[C@@H]3C[C@H]4O[C@@H](c5ccc(CSc6cccc(N)c6)cc5)O[C@@]4(C(=O)CO)[C@@]3(C)C[C@H](O)[C@@]12F. The van der Waals surface area contributed by atoms with E-state index < -0.39 is 58.9 Å². The number of alkyl halides is 1. The quantitative estimate of drug-likeness (QED) is 0.296. The van der Waals surface area contributed by atoms with Crippen molar-refractivity contribution in [2.45, 2.75) is 79.9 Å². The number of halogens is 1. The summed E-state index contributed by atoms with van der Waals surface area (Å²) < 4.78 is 30.6. The smallest absolute Gasteiger partial charge is 0.193 e. The van der Waals surface area contributed by atoms with Gasteiger partial charge in [-0.3, -0.25) is 9.59 Å². The van der Waals surface area contributed by atoms with Crippen LogP contribution in [-0.2, 0) is 24.8 Å². The summed E-state index contributed by atoms with van der Waals surface area (Å²) in [5.74, 6) is -0.858. The van der Waals surface area contributed by atoms with Crippen LogP contribution in [0.15, 0.2) is 77.2 Å². The summed E-state index contributed by atoms with van der Waals surface area (Å²) in [4.78, 5) is 26.9. The molecule has 2 aromatic rings. The van der Waals surface area contributed by atoms with E-state index >= 15 is 4.39 Å². The normalized spacial score (nSPS) is 40.5. The fourth-order valence-corrected chi connectivity index (χ4v) is 10.2. The molecule has 0 amide bonds. The van der Waals surface area contributed by atoms with Crippen molar-refractivity contribution < 1.29 is 33.7 Å². The fourth-order valence-electron chi connectivity index (χ4n) is 9.26. The molecular formula is C35H38FNO6S. The summed E-state index contributed by atoms with van der Waals surface area (Å²) in [5, 5.41) is 21.9. The molecule has 9 atom stereocenters. The molecular weight excluding hydrogens is 581 g/mol. The highest BCUT2D eigenvalue weighted by Gasteiger charge is 2.79. The Balaban J connectivity index is 1.16. The topological polar surface area (TPSA) is 119 Å². The Kier molecular flexibility index (Phi) is 7.03.